The number of nitrogens with zero attached hydrogens (tertiary/aromatic N) is 2. The summed E-state index contributed by atoms with van der Waals surface area (Å²) in [5.74, 6) is 0.663. The Bertz CT molecular complexity index is 437. The molecule has 0 unspecified atom stereocenters. The molecule has 0 saturated carbocycles. The van der Waals surface area contributed by atoms with Crippen molar-refractivity contribution in [1.82, 2.24) is 13.9 Å². The monoisotopic (exact) mass is 301 g/mol. The molecule has 0 radical (unpaired) electrons. The van der Waals surface area contributed by atoms with Crippen molar-refractivity contribution in [3.05, 3.63) is 0 Å². The fraction of sp³-hybridized carbons (Fsp3) is 1.00. The quantitative estimate of drug-likeness (QED) is 0.829. The average Bonchev–Trinajstić information content (AvgIpc) is 2.85. The SMILES string of the molecule is CC1CCN(S(=O)(=O)N2CCC3(CCNCC3)C2)CC1. The molecule has 6 heteroatoms. The lowest BCUT2D eigenvalue weighted by molar-refractivity contribution is 0.212. The van der Waals surface area contributed by atoms with Gasteiger partial charge in [-0.25, -0.2) is 0 Å². The van der Waals surface area contributed by atoms with Gasteiger partial charge in [-0.3, -0.25) is 0 Å². The highest BCUT2D eigenvalue weighted by molar-refractivity contribution is 7.86. The maximum atomic E-state index is 12.8. The van der Waals surface area contributed by atoms with Gasteiger partial charge in [0.1, 0.15) is 0 Å². The Morgan fingerprint density at radius 3 is 2.30 bits per heavy atom. The van der Waals surface area contributed by atoms with Gasteiger partial charge in [0, 0.05) is 26.2 Å². The first-order valence-corrected chi connectivity index (χ1v) is 9.38. The molecule has 1 spiro atoms. The lowest BCUT2D eigenvalue weighted by atomic mass is 9.78. The summed E-state index contributed by atoms with van der Waals surface area (Å²) in [6.07, 6.45) is 5.29. The van der Waals surface area contributed by atoms with Gasteiger partial charge in [-0.05, 0) is 56.5 Å². The molecule has 0 aromatic heterocycles. The van der Waals surface area contributed by atoms with E-state index < -0.39 is 10.2 Å². The smallest absolute Gasteiger partial charge is 0.281 e. The molecular weight excluding hydrogens is 274 g/mol. The number of hydrogen-bond acceptors (Lipinski definition) is 3. The Morgan fingerprint density at radius 1 is 1.00 bits per heavy atom. The molecule has 3 rings (SSSR count). The molecule has 0 atom stereocenters. The van der Waals surface area contributed by atoms with Crippen LogP contribution in [0.25, 0.3) is 0 Å². The molecule has 5 nitrogen and oxygen atoms in total. The normalized spacial score (nSPS) is 30.1. The molecule has 3 saturated heterocycles. The highest BCUT2D eigenvalue weighted by Gasteiger charge is 2.44. The molecule has 1 N–H and O–H groups in total. The van der Waals surface area contributed by atoms with E-state index in [1.807, 2.05) is 0 Å². The third-order valence-corrected chi connectivity index (χ3v) is 7.44. The molecule has 116 valence electrons. The fourth-order valence-corrected chi connectivity index (χ4v) is 5.59. The van der Waals surface area contributed by atoms with Crippen LogP contribution in [0.2, 0.25) is 0 Å². The average molecular weight is 301 g/mol. The molecule has 0 aromatic carbocycles. The lowest BCUT2D eigenvalue weighted by Crippen LogP contribution is -2.47. The molecule has 0 aliphatic carbocycles. The van der Waals surface area contributed by atoms with E-state index in [1.165, 1.54) is 0 Å². The second-order valence-electron chi connectivity index (χ2n) is 6.92. The van der Waals surface area contributed by atoms with Crippen LogP contribution >= 0.6 is 0 Å². The van der Waals surface area contributed by atoms with E-state index >= 15 is 0 Å². The molecule has 0 bridgehead atoms. The van der Waals surface area contributed by atoms with Gasteiger partial charge in [-0.1, -0.05) is 6.92 Å². The van der Waals surface area contributed by atoms with Crippen LogP contribution in [0, 0.1) is 11.3 Å². The first kappa shape index (κ1) is 14.8. The van der Waals surface area contributed by atoms with Gasteiger partial charge in [0.2, 0.25) is 0 Å². The van der Waals surface area contributed by atoms with Crippen molar-refractivity contribution in [3.63, 3.8) is 0 Å². The van der Waals surface area contributed by atoms with Crippen LogP contribution in [0.15, 0.2) is 0 Å². The minimum Gasteiger partial charge on any atom is -0.317 e. The van der Waals surface area contributed by atoms with Crippen molar-refractivity contribution in [3.8, 4) is 0 Å². The van der Waals surface area contributed by atoms with Gasteiger partial charge in [-0.15, -0.1) is 0 Å². The summed E-state index contributed by atoms with van der Waals surface area (Å²) >= 11 is 0. The predicted molar refractivity (Wildman–Crippen MR) is 79.6 cm³/mol. The summed E-state index contributed by atoms with van der Waals surface area (Å²) in [7, 11) is -3.21. The summed E-state index contributed by atoms with van der Waals surface area (Å²) in [4.78, 5) is 0. The van der Waals surface area contributed by atoms with Crippen molar-refractivity contribution in [2.24, 2.45) is 11.3 Å². The summed E-state index contributed by atoms with van der Waals surface area (Å²) in [6.45, 7) is 7.15. The van der Waals surface area contributed by atoms with E-state index in [2.05, 4.69) is 12.2 Å². The number of hydrogen-bond donors (Lipinski definition) is 1. The van der Waals surface area contributed by atoms with Gasteiger partial charge in [0.25, 0.3) is 10.2 Å². The van der Waals surface area contributed by atoms with Crippen LogP contribution in [0.1, 0.15) is 39.0 Å². The van der Waals surface area contributed by atoms with E-state index in [0.29, 0.717) is 25.6 Å². The van der Waals surface area contributed by atoms with Gasteiger partial charge < -0.3 is 5.32 Å². The Balaban J connectivity index is 1.66. The first-order valence-electron chi connectivity index (χ1n) is 7.98. The lowest BCUT2D eigenvalue weighted by Gasteiger charge is -2.35. The second-order valence-corrected chi connectivity index (χ2v) is 8.85. The number of nitrogens with one attached hydrogen (secondary N) is 1. The predicted octanol–water partition coefficient (Wildman–Crippen LogP) is 1.04. The third kappa shape index (κ3) is 2.75. The summed E-state index contributed by atoms with van der Waals surface area (Å²) in [5, 5.41) is 3.38. The van der Waals surface area contributed by atoms with Crippen LogP contribution in [-0.2, 0) is 10.2 Å². The molecule has 20 heavy (non-hydrogen) atoms. The Hall–Kier alpha value is -0.170. The minimum absolute atomic E-state index is 0.251. The van der Waals surface area contributed by atoms with E-state index in [0.717, 1.165) is 51.7 Å². The molecule has 3 aliphatic rings. The molecule has 0 aromatic rings. The molecule has 3 aliphatic heterocycles. The summed E-state index contributed by atoms with van der Waals surface area (Å²) in [5.41, 5.74) is 0.251. The standard InChI is InChI=1S/C14H27N3O2S/c1-13-2-9-16(10-3-13)20(18,19)17-11-6-14(12-17)4-7-15-8-5-14/h13,15H,2-12H2,1H3. The maximum absolute atomic E-state index is 12.8. The summed E-state index contributed by atoms with van der Waals surface area (Å²) < 4.78 is 29.0. The van der Waals surface area contributed by atoms with Gasteiger partial charge in [-0.2, -0.15) is 17.0 Å². The zero-order chi connectivity index (χ0) is 14.2. The molecule has 3 heterocycles. The molecular formula is C14H27N3O2S. The van der Waals surface area contributed by atoms with E-state index in [4.69, 9.17) is 0 Å². The van der Waals surface area contributed by atoms with E-state index in [1.54, 1.807) is 8.61 Å². The van der Waals surface area contributed by atoms with Crippen LogP contribution in [-0.4, -0.2) is 56.3 Å². The van der Waals surface area contributed by atoms with Crippen molar-refractivity contribution in [1.29, 1.82) is 0 Å². The Kier molecular flexibility index (Phi) is 4.10. The van der Waals surface area contributed by atoms with Crippen molar-refractivity contribution < 1.29 is 8.42 Å². The van der Waals surface area contributed by atoms with Crippen LogP contribution in [0.3, 0.4) is 0 Å². The topological polar surface area (TPSA) is 52.7 Å². The van der Waals surface area contributed by atoms with Gasteiger partial charge in [0.15, 0.2) is 0 Å². The van der Waals surface area contributed by atoms with Crippen molar-refractivity contribution in [2.75, 3.05) is 39.3 Å². The zero-order valence-corrected chi connectivity index (χ0v) is 13.3. The number of rotatable bonds is 2. The number of piperidine rings is 2. The van der Waals surface area contributed by atoms with E-state index in [-0.39, 0.29) is 5.41 Å². The second kappa shape index (κ2) is 5.55. The van der Waals surface area contributed by atoms with Crippen molar-refractivity contribution >= 4 is 10.2 Å². The maximum Gasteiger partial charge on any atom is 0.281 e. The fourth-order valence-electron chi connectivity index (χ4n) is 3.84. The first-order chi connectivity index (χ1) is 9.52. The van der Waals surface area contributed by atoms with Crippen LogP contribution in [0.5, 0.6) is 0 Å². The third-order valence-electron chi connectivity index (χ3n) is 5.46. The molecule has 3 fully saturated rings. The Morgan fingerprint density at radius 2 is 1.65 bits per heavy atom. The van der Waals surface area contributed by atoms with Crippen molar-refractivity contribution in [2.45, 2.75) is 39.0 Å². The summed E-state index contributed by atoms with van der Waals surface area (Å²) in [6, 6.07) is 0. The van der Waals surface area contributed by atoms with Gasteiger partial charge in [0.05, 0.1) is 0 Å². The Labute approximate surface area is 122 Å². The van der Waals surface area contributed by atoms with E-state index in [9.17, 15) is 8.42 Å². The largest absolute Gasteiger partial charge is 0.317 e. The minimum atomic E-state index is -3.21. The molecule has 0 amide bonds. The van der Waals surface area contributed by atoms with Crippen LogP contribution < -0.4 is 5.32 Å². The van der Waals surface area contributed by atoms with Gasteiger partial charge >= 0.3 is 0 Å². The highest BCUT2D eigenvalue weighted by atomic mass is 32.2. The highest BCUT2D eigenvalue weighted by Crippen LogP contribution is 2.40. The zero-order valence-electron chi connectivity index (χ0n) is 12.5. The van der Waals surface area contributed by atoms with Crippen LogP contribution in [0.4, 0.5) is 0 Å².